The van der Waals surface area contributed by atoms with Gasteiger partial charge in [-0.25, -0.2) is 4.79 Å². The van der Waals surface area contributed by atoms with Crippen LogP contribution in [0, 0.1) is 0 Å². The second-order valence-corrected chi connectivity index (χ2v) is 7.79. The molecule has 5 rings (SSSR count). The Balaban J connectivity index is 1.28. The van der Waals surface area contributed by atoms with Gasteiger partial charge in [-0.1, -0.05) is 30.3 Å². The maximum absolute atomic E-state index is 13.2. The van der Waals surface area contributed by atoms with E-state index in [2.05, 4.69) is 10.6 Å². The molecule has 0 saturated carbocycles. The number of ether oxygens (including phenoxy) is 2. The molecule has 0 bridgehead atoms. The summed E-state index contributed by atoms with van der Waals surface area (Å²) in [6.07, 6.45) is 1.21. The Morgan fingerprint density at radius 2 is 2.00 bits per heavy atom. The number of nitrogens with one attached hydrogen (secondary N) is 2. The number of carbonyl (C=O) groups is 3. The van der Waals surface area contributed by atoms with Crippen molar-refractivity contribution in [3.8, 4) is 11.5 Å². The fourth-order valence-corrected chi connectivity index (χ4v) is 4.43. The number of rotatable bonds is 4. The lowest BCUT2D eigenvalue weighted by Crippen LogP contribution is -2.44. The van der Waals surface area contributed by atoms with E-state index in [9.17, 15) is 14.4 Å². The van der Waals surface area contributed by atoms with Crippen molar-refractivity contribution in [2.24, 2.45) is 0 Å². The summed E-state index contributed by atoms with van der Waals surface area (Å²) < 4.78 is 10.7. The Morgan fingerprint density at radius 1 is 1.20 bits per heavy atom. The monoisotopic (exact) mass is 407 g/mol. The number of carbonyl (C=O) groups excluding carboxylic acids is 3. The first-order valence-corrected chi connectivity index (χ1v) is 9.89. The Kier molecular flexibility index (Phi) is 4.16. The quantitative estimate of drug-likeness (QED) is 0.756. The molecule has 3 aliphatic rings. The van der Waals surface area contributed by atoms with Gasteiger partial charge >= 0.3 is 6.03 Å². The fraction of sp³-hybridized carbons (Fsp3) is 0.318. The summed E-state index contributed by atoms with van der Waals surface area (Å²) in [7, 11) is 0. The first-order valence-electron chi connectivity index (χ1n) is 9.89. The van der Waals surface area contributed by atoms with Gasteiger partial charge in [0.25, 0.3) is 5.91 Å². The number of hydrogen-bond acceptors (Lipinski definition) is 5. The highest BCUT2D eigenvalue weighted by molar-refractivity contribution is 6.09. The molecule has 2 N–H and O–H groups in total. The van der Waals surface area contributed by atoms with Crippen LogP contribution < -0.4 is 20.1 Å². The summed E-state index contributed by atoms with van der Waals surface area (Å²) in [5.74, 6) is 0.513. The Labute approximate surface area is 173 Å². The minimum atomic E-state index is -1.06. The van der Waals surface area contributed by atoms with Crippen LogP contribution in [0.3, 0.4) is 0 Å². The standard InChI is InChI=1S/C22H21N3O5/c1-13(15-6-7-17-18(10-15)30-12-29-17)23-19(26)11-25-20(27)22(24-21(25)28)9-8-14-4-2-3-5-16(14)22/h2-7,10,13H,8-9,11-12H2,1H3,(H,23,26)(H,24,28)/t13-,22-/m0/s1. The summed E-state index contributed by atoms with van der Waals surface area (Å²) in [6.45, 7) is 1.68. The number of benzene rings is 2. The molecular formula is C22H21N3O5. The van der Waals surface area contributed by atoms with Gasteiger partial charge in [0.05, 0.1) is 6.04 Å². The van der Waals surface area contributed by atoms with Gasteiger partial charge in [0.1, 0.15) is 12.1 Å². The Bertz CT molecular complexity index is 1070. The maximum Gasteiger partial charge on any atom is 0.325 e. The zero-order valence-corrected chi connectivity index (χ0v) is 16.4. The van der Waals surface area contributed by atoms with Crippen molar-refractivity contribution < 1.29 is 23.9 Å². The van der Waals surface area contributed by atoms with E-state index in [1.165, 1.54) is 0 Å². The van der Waals surface area contributed by atoms with Crippen LogP contribution in [-0.2, 0) is 21.5 Å². The molecule has 2 heterocycles. The molecule has 1 aliphatic carbocycles. The average molecular weight is 407 g/mol. The van der Waals surface area contributed by atoms with Crippen molar-refractivity contribution >= 4 is 17.8 Å². The first-order chi connectivity index (χ1) is 14.5. The van der Waals surface area contributed by atoms with Gasteiger partial charge in [-0.15, -0.1) is 0 Å². The van der Waals surface area contributed by atoms with Crippen LogP contribution in [0.5, 0.6) is 11.5 Å². The molecule has 8 nitrogen and oxygen atoms in total. The molecule has 1 saturated heterocycles. The van der Waals surface area contributed by atoms with E-state index in [4.69, 9.17) is 9.47 Å². The smallest absolute Gasteiger partial charge is 0.325 e. The van der Waals surface area contributed by atoms with Crippen LogP contribution in [-0.4, -0.2) is 36.1 Å². The zero-order valence-electron chi connectivity index (χ0n) is 16.4. The fourth-order valence-electron chi connectivity index (χ4n) is 4.43. The highest BCUT2D eigenvalue weighted by Gasteiger charge is 2.55. The number of nitrogens with zero attached hydrogens (tertiary/aromatic N) is 1. The molecule has 2 aliphatic heterocycles. The van der Waals surface area contributed by atoms with Gasteiger partial charge in [-0.2, -0.15) is 0 Å². The van der Waals surface area contributed by atoms with Crippen LogP contribution in [0.1, 0.15) is 36.1 Å². The molecule has 154 valence electrons. The number of urea groups is 1. The summed E-state index contributed by atoms with van der Waals surface area (Å²) in [4.78, 5) is 39.3. The van der Waals surface area contributed by atoms with E-state index in [0.29, 0.717) is 24.3 Å². The molecule has 30 heavy (non-hydrogen) atoms. The minimum Gasteiger partial charge on any atom is -0.454 e. The normalized spacial score (nSPS) is 22.2. The Hall–Kier alpha value is -3.55. The summed E-state index contributed by atoms with van der Waals surface area (Å²) in [5.41, 5.74) is 1.65. The third kappa shape index (κ3) is 2.79. The number of amides is 4. The molecule has 2 atom stereocenters. The Morgan fingerprint density at radius 3 is 2.87 bits per heavy atom. The van der Waals surface area contributed by atoms with Crippen LogP contribution in [0.15, 0.2) is 42.5 Å². The molecule has 0 radical (unpaired) electrons. The molecule has 1 fully saturated rings. The van der Waals surface area contributed by atoms with E-state index < -0.39 is 17.5 Å². The predicted octanol–water partition coefficient (Wildman–Crippen LogP) is 1.99. The lowest BCUT2D eigenvalue weighted by molar-refractivity contribution is -0.135. The topological polar surface area (TPSA) is 97.0 Å². The number of fused-ring (bicyclic) bond motifs is 3. The van der Waals surface area contributed by atoms with Gasteiger partial charge in [0, 0.05) is 0 Å². The molecule has 4 amide bonds. The molecule has 2 aromatic rings. The lowest BCUT2D eigenvalue weighted by Gasteiger charge is -2.22. The third-order valence-corrected chi connectivity index (χ3v) is 6.00. The van der Waals surface area contributed by atoms with Gasteiger partial charge in [-0.3, -0.25) is 14.5 Å². The van der Waals surface area contributed by atoms with E-state index >= 15 is 0 Å². The van der Waals surface area contributed by atoms with E-state index in [-0.39, 0.29) is 25.3 Å². The van der Waals surface area contributed by atoms with Gasteiger partial charge < -0.3 is 20.1 Å². The predicted molar refractivity (Wildman–Crippen MR) is 106 cm³/mol. The summed E-state index contributed by atoms with van der Waals surface area (Å²) >= 11 is 0. The average Bonchev–Trinajstić information content (AvgIpc) is 3.41. The highest BCUT2D eigenvalue weighted by atomic mass is 16.7. The van der Waals surface area contributed by atoms with Crippen molar-refractivity contribution in [1.82, 2.24) is 15.5 Å². The van der Waals surface area contributed by atoms with Crippen molar-refractivity contribution in [3.05, 3.63) is 59.2 Å². The van der Waals surface area contributed by atoms with Crippen molar-refractivity contribution in [2.75, 3.05) is 13.3 Å². The maximum atomic E-state index is 13.2. The lowest BCUT2D eigenvalue weighted by atomic mass is 9.92. The van der Waals surface area contributed by atoms with Crippen LogP contribution in [0.25, 0.3) is 0 Å². The van der Waals surface area contributed by atoms with Crippen molar-refractivity contribution in [3.63, 3.8) is 0 Å². The minimum absolute atomic E-state index is 0.177. The summed E-state index contributed by atoms with van der Waals surface area (Å²) in [5, 5.41) is 5.68. The van der Waals surface area contributed by atoms with Crippen LogP contribution in [0.2, 0.25) is 0 Å². The second kappa shape index (κ2) is 6.76. The van der Waals surface area contributed by atoms with E-state index in [0.717, 1.165) is 21.6 Å². The first kappa shape index (κ1) is 18.5. The van der Waals surface area contributed by atoms with Crippen molar-refractivity contribution in [1.29, 1.82) is 0 Å². The van der Waals surface area contributed by atoms with E-state index in [1.807, 2.05) is 43.3 Å². The van der Waals surface area contributed by atoms with Crippen LogP contribution >= 0.6 is 0 Å². The molecule has 0 aromatic heterocycles. The zero-order chi connectivity index (χ0) is 20.9. The molecule has 8 heteroatoms. The van der Waals surface area contributed by atoms with Crippen molar-refractivity contribution in [2.45, 2.75) is 31.3 Å². The molecule has 2 aromatic carbocycles. The van der Waals surface area contributed by atoms with Gasteiger partial charge in [-0.05, 0) is 48.6 Å². The van der Waals surface area contributed by atoms with E-state index in [1.54, 1.807) is 6.07 Å². The number of imide groups is 1. The summed E-state index contributed by atoms with van der Waals surface area (Å²) in [6, 6.07) is 12.2. The molecular weight excluding hydrogens is 386 g/mol. The molecule has 1 spiro atoms. The van der Waals surface area contributed by atoms with Gasteiger partial charge in [0.2, 0.25) is 12.7 Å². The van der Waals surface area contributed by atoms with Crippen LogP contribution in [0.4, 0.5) is 4.79 Å². The number of aryl methyl sites for hydroxylation is 1. The highest BCUT2D eigenvalue weighted by Crippen LogP contribution is 2.41. The molecule has 0 unspecified atom stereocenters. The second-order valence-electron chi connectivity index (χ2n) is 7.79. The number of hydrogen-bond donors (Lipinski definition) is 2. The largest absolute Gasteiger partial charge is 0.454 e. The SMILES string of the molecule is C[C@H](NC(=O)CN1C(=O)N[C@]2(CCc3ccccc32)C1=O)c1ccc2c(c1)OCO2. The van der Waals surface area contributed by atoms with Gasteiger partial charge in [0.15, 0.2) is 11.5 Å². The third-order valence-electron chi connectivity index (χ3n) is 6.00.